The molecular formula is C13H18N2O3. The van der Waals surface area contributed by atoms with Gasteiger partial charge in [0.25, 0.3) is 0 Å². The van der Waals surface area contributed by atoms with Crippen LogP contribution in [0.1, 0.15) is 19.4 Å². The zero-order chi connectivity index (χ0) is 13.5. The zero-order valence-electron chi connectivity index (χ0n) is 10.6. The summed E-state index contributed by atoms with van der Waals surface area (Å²) in [6, 6.07) is 6.83. The second-order valence-corrected chi connectivity index (χ2v) is 4.21. The zero-order valence-corrected chi connectivity index (χ0v) is 10.6. The van der Waals surface area contributed by atoms with Crippen LogP contribution in [0.25, 0.3) is 0 Å². The molecule has 1 aromatic carbocycles. The van der Waals surface area contributed by atoms with Crippen molar-refractivity contribution in [2.24, 2.45) is 0 Å². The molecule has 1 aromatic rings. The summed E-state index contributed by atoms with van der Waals surface area (Å²) >= 11 is 0. The first-order valence-corrected chi connectivity index (χ1v) is 5.78. The quantitative estimate of drug-likeness (QED) is 0.719. The van der Waals surface area contributed by atoms with E-state index in [9.17, 15) is 9.59 Å². The Hall–Kier alpha value is -1.88. The van der Waals surface area contributed by atoms with E-state index in [1.165, 1.54) is 6.92 Å². The number of nitrogens with one attached hydrogen (secondary N) is 2. The highest BCUT2D eigenvalue weighted by molar-refractivity contribution is 5.88. The molecule has 0 saturated carbocycles. The summed E-state index contributed by atoms with van der Waals surface area (Å²) in [5, 5.41) is 14.1. The van der Waals surface area contributed by atoms with E-state index >= 15 is 0 Å². The molecule has 5 nitrogen and oxygen atoms in total. The van der Waals surface area contributed by atoms with E-state index in [0.717, 1.165) is 5.56 Å². The topological polar surface area (TPSA) is 78.4 Å². The molecule has 0 spiro atoms. The molecular weight excluding hydrogens is 232 g/mol. The van der Waals surface area contributed by atoms with Gasteiger partial charge in [0.15, 0.2) is 0 Å². The number of amides is 2. The summed E-state index contributed by atoms with van der Waals surface area (Å²) in [6.07, 6.45) is 0.255. The monoisotopic (exact) mass is 250 g/mol. The van der Waals surface area contributed by atoms with Crippen molar-refractivity contribution < 1.29 is 14.7 Å². The number of aliphatic hydroxyl groups is 1. The largest absolute Gasteiger partial charge is 0.394 e. The summed E-state index contributed by atoms with van der Waals surface area (Å²) in [5.74, 6) is -0.263. The molecule has 0 fully saturated rings. The maximum absolute atomic E-state index is 11.6. The lowest BCUT2D eigenvalue weighted by molar-refractivity contribution is -0.121. The van der Waals surface area contributed by atoms with Crippen molar-refractivity contribution >= 4 is 17.5 Å². The highest BCUT2D eigenvalue weighted by Gasteiger charge is 2.07. The van der Waals surface area contributed by atoms with Crippen LogP contribution in [0.2, 0.25) is 0 Å². The SMILES string of the molecule is CC(=O)Nc1ccc(CC(=O)N[C@H](C)CO)cc1. The molecule has 98 valence electrons. The molecule has 0 bridgehead atoms. The molecule has 0 radical (unpaired) electrons. The number of aliphatic hydroxyl groups excluding tert-OH is 1. The number of carbonyl (C=O) groups is 2. The van der Waals surface area contributed by atoms with Crippen molar-refractivity contribution in [2.45, 2.75) is 26.3 Å². The summed E-state index contributed by atoms with van der Waals surface area (Å²) < 4.78 is 0. The molecule has 0 heterocycles. The van der Waals surface area contributed by atoms with E-state index in [1.807, 2.05) is 0 Å². The van der Waals surface area contributed by atoms with Crippen molar-refractivity contribution in [2.75, 3.05) is 11.9 Å². The first-order valence-electron chi connectivity index (χ1n) is 5.78. The van der Waals surface area contributed by atoms with Gasteiger partial charge in [0.05, 0.1) is 13.0 Å². The highest BCUT2D eigenvalue weighted by Crippen LogP contribution is 2.09. The van der Waals surface area contributed by atoms with Gasteiger partial charge in [-0.2, -0.15) is 0 Å². The summed E-state index contributed by atoms with van der Waals surface area (Å²) in [6.45, 7) is 3.10. The number of hydrogen-bond acceptors (Lipinski definition) is 3. The predicted molar refractivity (Wildman–Crippen MR) is 69.1 cm³/mol. The molecule has 0 saturated heterocycles. The Balaban J connectivity index is 2.53. The van der Waals surface area contributed by atoms with Gasteiger partial charge in [-0.25, -0.2) is 0 Å². The minimum absolute atomic E-state index is 0.0762. The molecule has 0 aromatic heterocycles. The van der Waals surface area contributed by atoms with Gasteiger partial charge in [-0.15, -0.1) is 0 Å². The van der Waals surface area contributed by atoms with Gasteiger partial charge in [-0.1, -0.05) is 12.1 Å². The van der Waals surface area contributed by atoms with Crippen LogP contribution in [-0.2, 0) is 16.0 Å². The average molecular weight is 250 g/mol. The second-order valence-electron chi connectivity index (χ2n) is 4.21. The molecule has 0 aliphatic carbocycles. The number of anilines is 1. The van der Waals surface area contributed by atoms with Crippen molar-refractivity contribution in [1.29, 1.82) is 0 Å². The van der Waals surface area contributed by atoms with Crippen LogP contribution < -0.4 is 10.6 Å². The standard InChI is InChI=1S/C13H18N2O3/c1-9(8-16)14-13(18)7-11-3-5-12(6-4-11)15-10(2)17/h3-6,9,16H,7-8H2,1-2H3,(H,14,18)(H,15,17)/t9-/m1/s1. The van der Waals surface area contributed by atoms with Crippen LogP contribution in [0.5, 0.6) is 0 Å². The van der Waals surface area contributed by atoms with Gasteiger partial charge in [-0.05, 0) is 24.6 Å². The normalized spacial score (nSPS) is 11.7. The fourth-order valence-corrected chi connectivity index (χ4v) is 1.47. The van der Waals surface area contributed by atoms with E-state index in [-0.39, 0.29) is 30.9 Å². The Bertz CT molecular complexity index is 415. The maximum Gasteiger partial charge on any atom is 0.224 e. The Labute approximate surface area is 106 Å². The number of rotatable bonds is 5. The van der Waals surface area contributed by atoms with Crippen LogP contribution in [0.3, 0.4) is 0 Å². The summed E-state index contributed by atoms with van der Waals surface area (Å²) in [7, 11) is 0. The first-order chi connectivity index (χ1) is 8.51. The fraction of sp³-hybridized carbons (Fsp3) is 0.385. The number of carbonyl (C=O) groups excluding carboxylic acids is 2. The molecule has 0 unspecified atom stereocenters. The lowest BCUT2D eigenvalue weighted by Gasteiger charge is -2.10. The molecule has 5 heteroatoms. The fourth-order valence-electron chi connectivity index (χ4n) is 1.47. The van der Waals surface area contributed by atoms with E-state index in [2.05, 4.69) is 10.6 Å². The highest BCUT2D eigenvalue weighted by atomic mass is 16.3. The molecule has 3 N–H and O–H groups in total. The van der Waals surface area contributed by atoms with Crippen LogP contribution in [-0.4, -0.2) is 29.6 Å². The molecule has 0 aliphatic rings. The van der Waals surface area contributed by atoms with E-state index in [1.54, 1.807) is 31.2 Å². The predicted octanol–water partition coefficient (Wildman–Crippen LogP) is 0.684. The molecule has 18 heavy (non-hydrogen) atoms. The Kier molecular flexibility index (Phi) is 5.32. The smallest absolute Gasteiger partial charge is 0.224 e. The van der Waals surface area contributed by atoms with E-state index in [0.29, 0.717) is 5.69 Å². The van der Waals surface area contributed by atoms with Gasteiger partial charge in [0.2, 0.25) is 11.8 Å². The van der Waals surface area contributed by atoms with Crippen LogP contribution in [0.15, 0.2) is 24.3 Å². The third-order valence-corrected chi connectivity index (χ3v) is 2.32. The molecule has 2 amide bonds. The third-order valence-electron chi connectivity index (χ3n) is 2.32. The van der Waals surface area contributed by atoms with Gasteiger partial charge in [-0.3, -0.25) is 9.59 Å². The maximum atomic E-state index is 11.6. The Morgan fingerprint density at radius 2 is 1.89 bits per heavy atom. The van der Waals surface area contributed by atoms with Crippen LogP contribution in [0, 0.1) is 0 Å². The van der Waals surface area contributed by atoms with Crippen molar-refractivity contribution in [1.82, 2.24) is 5.32 Å². The van der Waals surface area contributed by atoms with E-state index in [4.69, 9.17) is 5.11 Å². The number of benzene rings is 1. The van der Waals surface area contributed by atoms with Gasteiger partial charge < -0.3 is 15.7 Å². The summed E-state index contributed by atoms with van der Waals surface area (Å²) in [4.78, 5) is 22.4. The molecule has 1 rings (SSSR count). The van der Waals surface area contributed by atoms with Crippen molar-refractivity contribution in [3.63, 3.8) is 0 Å². The second kappa shape index (κ2) is 6.76. The average Bonchev–Trinajstić information content (AvgIpc) is 2.30. The minimum Gasteiger partial charge on any atom is -0.394 e. The van der Waals surface area contributed by atoms with E-state index < -0.39 is 0 Å². The lowest BCUT2D eigenvalue weighted by Crippen LogP contribution is -2.35. The number of hydrogen-bond donors (Lipinski definition) is 3. The molecule has 1 atom stereocenters. The Morgan fingerprint density at radius 3 is 2.39 bits per heavy atom. The lowest BCUT2D eigenvalue weighted by atomic mass is 10.1. The first kappa shape index (κ1) is 14.2. The Morgan fingerprint density at radius 1 is 1.28 bits per heavy atom. The van der Waals surface area contributed by atoms with Gasteiger partial charge in [0.1, 0.15) is 0 Å². The molecule has 0 aliphatic heterocycles. The minimum atomic E-state index is -0.240. The van der Waals surface area contributed by atoms with Crippen molar-refractivity contribution in [3.05, 3.63) is 29.8 Å². The van der Waals surface area contributed by atoms with Gasteiger partial charge in [0, 0.05) is 18.7 Å². The van der Waals surface area contributed by atoms with Gasteiger partial charge >= 0.3 is 0 Å². The third kappa shape index (κ3) is 4.97. The van der Waals surface area contributed by atoms with Crippen molar-refractivity contribution in [3.8, 4) is 0 Å². The van der Waals surface area contributed by atoms with Crippen LogP contribution >= 0.6 is 0 Å². The summed E-state index contributed by atoms with van der Waals surface area (Å²) in [5.41, 5.74) is 1.56. The van der Waals surface area contributed by atoms with Crippen LogP contribution in [0.4, 0.5) is 5.69 Å².